The molecule has 0 radical (unpaired) electrons. The molecular weight excluding hydrogens is 361 g/mol. The molecule has 0 saturated carbocycles. The maximum atomic E-state index is 13.7. The number of amides is 1. The Morgan fingerprint density at radius 2 is 1.96 bits per heavy atom. The first-order chi connectivity index (χ1) is 12.2. The second-order valence-corrected chi connectivity index (χ2v) is 7.60. The van der Waals surface area contributed by atoms with E-state index in [1.807, 2.05) is 0 Å². The van der Waals surface area contributed by atoms with E-state index in [9.17, 15) is 17.6 Å². The molecule has 1 heterocycles. The standard InChI is InChI=1S/C17H22FN3O4S/c1-12-17(13(2)25-20-12)26(23,24)19-9-11-21(14(3)22)10-8-15-6-4-5-7-16(15)18/h4-7,19H,8-11H2,1-3H3. The molecular formula is C17H22FN3O4S. The molecule has 0 spiro atoms. The molecule has 7 nitrogen and oxygen atoms in total. The Kier molecular flexibility index (Phi) is 6.49. The number of halogens is 1. The Morgan fingerprint density at radius 1 is 1.27 bits per heavy atom. The Balaban J connectivity index is 1.95. The molecule has 0 aliphatic carbocycles. The van der Waals surface area contributed by atoms with Gasteiger partial charge in [-0.2, -0.15) is 0 Å². The summed E-state index contributed by atoms with van der Waals surface area (Å²) in [5.41, 5.74) is 0.785. The smallest absolute Gasteiger partial charge is 0.246 e. The van der Waals surface area contributed by atoms with Crippen LogP contribution in [0, 0.1) is 19.7 Å². The summed E-state index contributed by atoms with van der Waals surface area (Å²) in [4.78, 5) is 13.3. The predicted octanol–water partition coefficient (Wildman–Crippen LogP) is 1.80. The van der Waals surface area contributed by atoms with Gasteiger partial charge in [0.15, 0.2) is 5.76 Å². The molecule has 1 N–H and O–H groups in total. The van der Waals surface area contributed by atoms with Crippen molar-refractivity contribution in [2.75, 3.05) is 19.6 Å². The van der Waals surface area contributed by atoms with Gasteiger partial charge in [-0.1, -0.05) is 23.4 Å². The molecule has 2 aromatic rings. The van der Waals surface area contributed by atoms with Crippen molar-refractivity contribution in [3.05, 3.63) is 47.1 Å². The molecule has 1 aromatic heterocycles. The molecule has 0 aliphatic rings. The molecule has 0 saturated heterocycles. The zero-order chi connectivity index (χ0) is 19.3. The number of sulfonamides is 1. The van der Waals surface area contributed by atoms with Crippen LogP contribution in [-0.2, 0) is 21.2 Å². The summed E-state index contributed by atoms with van der Waals surface area (Å²) in [7, 11) is -3.78. The molecule has 0 bridgehead atoms. The van der Waals surface area contributed by atoms with Gasteiger partial charge in [0, 0.05) is 26.6 Å². The summed E-state index contributed by atoms with van der Waals surface area (Å²) in [6, 6.07) is 6.36. The second kappa shape index (κ2) is 8.41. The fraction of sp³-hybridized carbons (Fsp3) is 0.412. The summed E-state index contributed by atoms with van der Waals surface area (Å²) >= 11 is 0. The van der Waals surface area contributed by atoms with Crippen molar-refractivity contribution in [3.63, 3.8) is 0 Å². The van der Waals surface area contributed by atoms with E-state index in [0.717, 1.165) is 0 Å². The lowest BCUT2D eigenvalue weighted by Crippen LogP contribution is -2.38. The molecule has 0 aliphatic heterocycles. The zero-order valence-corrected chi connectivity index (χ0v) is 15.8. The third kappa shape index (κ3) is 4.89. The van der Waals surface area contributed by atoms with Crippen LogP contribution in [0.1, 0.15) is 23.9 Å². The first-order valence-electron chi connectivity index (χ1n) is 8.14. The highest BCUT2D eigenvalue weighted by Gasteiger charge is 2.24. The van der Waals surface area contributed by atoms with Gasteiger partial charge in [-0.3, -0.25) is 4.79 Å². The van der Waals surface area contributed by atoms with Gasteiger partial charge >= 0.3 is 0 Å². The van der Waals surface area contributed by atoms with Crippen molar-refractivity contribution in [1.29, 1.82) is 0 Å². The highest BCUT2D eigenvalue weighted by atomic mass is 32.2. The minimum Gasteiger partial charge on any atom is -0.360 e. The van der Waals surface area contributed by atoms with Crippen LogP contribution in [0.5, 0.6) is 0 Å². The summed E-state index contributed by atoms with van der Waals surface area (Å²) in [6.45, 7) is 4.95. The number of benzene rings is 1. The van der Waals surface area contributed by atoms with Crippen LogP contribution < -0.4 is 4.72 Å². The molecule has 9 heteroatoms. The van der Waals surface area contributed by atoms with Crippen molar-refractivity contribution in [1.82, 2.24) is 14.8 Å². The monoisotopic (exact) mass is 383 g/mol. The van der Waals surface area contributed by atoms with Gasteiger partial charge < -0.3 is 9.42 Å². The number of carbonyl (C=O) groups excluding carboxylic acids is 1. The Hall–Kier alpha value is -2.26. The number of aromatic nitrogens is 1. The number of nitrogens with one attached hydrogen (secondary N) is 1. The summed E-state index contributed by atoms with van der Waals surface area (Å²) < 4.78 is 45.7. The largest absolute Gasteiger partial charge is 0.360 e. The van der Waals surface area contributed by atoms with Crippen molar-refractivity contribution < 1.29 is 22.1 Å². The van der Waals surface area contributed by atoms with E-state index in [1.165, 1.54) is 24.8 Å². The molecule has 0 fully saturated rings. The predicted molar refractivity (Wildman–Crippen MR) is 93.5 cm³/mol. The van der Waals surface area contributed by atoms with Gasteiger partial charge in [0.25, 0.3) is 0 Å². The lowest BCUT2D eigenvalue weighted by Gasteiger charge is -2.21. The molecule has 142 valence electrons. The van der Waals surface area contributed by atoms with Gasteiger partial charge in [-0.15, -0.1) is 0 Å². The van der Waals surface area contributed by atoms with Crippen LogP contribution in [0.2, 0.25) is 0 Å². The third-order valence-corrected chi connectivity index (χ3v) is 5.67. The fourth-order valence-electron chi connectivity index (χ4n) is 2.63. The lowest BCUT2D eigenvalue weighted by atomic mass is 10.1. The Morgan fingerprint density at radius 3 is 2.54 bits per heavy atom. The van der Waals surface area contributed by atoms with E-state index in [1.54, 1.807) is 25.1 Å². The maximum Gasteiger partial charge on any atom is 0.246 e. The minimum atomic E-state index is -3.78. The van der Waals surface area contributed by atoms with Crippen LogP contribution in [0.4, 0.5) is 4.39 Å². The lowest BCUT2D eigenvalue weighted by molar-refractivity contribution is -0.128. The van der Waals surface area contributed by atoms with E-state index in [2.05, 4.69) is 9.88 Å². The topological polar surface area (TPSA) is 92.5 Å². The molecule has 1 amide bonds. The van der Waals surface area contributed by atoms with Crippen molar-refractivity contribution in [2.24, 2.45) is 0 Å². The van der Waals surface area contributed by atoms with Crippen LogP contribution >= 0.6 is 0 Å². The van der Waals surface area contributed by atoms with E-state index in [4.69, 9.17) is 4.52 Å². The van der Waals surface area contributed by atoms with Crippen LogP contribution in [0.15, 0.2) is 33.7 Å². The minimum absolute atomic E-state index is 0.0123. The van der Waals surface area contributed by atoms with Crippen molar-refractivity contribution in [2.45, 2.75) is 32.1 Å². The molecule has 1 aromatic carbocycles. The average Bonchev–Trinajstić information content (AvgIpc) is 2.91. The number of nitrogens with zero attached hydrogens (tertiary/aromatic N) is 2. The summed E-state index contributed by atoms with van der Waals surface area (Å²) in [6.07, 6.45) is 0.350. The number of hydrogen-bond donors (Lipinski definition) is 1. The molecule has 0 unspecified atom stereocenters. The number of carbonyl (C=O) groups is 1. The SMILES string of the molecule is CC(=O)N(CCNS(=O)(=O)c1c(C)noc1C)CCc1ccccc1F. The normalized spacial score (nSPS) is 11.5. The van der Waals surface area contributed by atoms with Gasteiger partial charge in [-0.25, -0.2) is 17.5 Å². The number of hydrogen-bond acceptors (Lipinski definition) is 5. The molecule has 0 atom stereocenters. The first-order valence-corrected chi connectivity index (χ1v) is 9.62. The van der Waals surface area contributed by atoms with Crippen LogP contribution in [-0.4, -0.2) is 44.0 Å². The van der Waals surface area contributed by atoms with Gasteiger partial charge in [0.2, 0.25) is 15.9 Å². The third-order valence-electron chi connectivity index (χ3n) is 3.96. The quantitative estimate of drug-likeness (QED) is 0.750. The Bertz CT molecular complexity index is 860. The second-order valence-electron chi connectivity index (χ2n) is 5.90. The highest BCUT2D eigenvalue weighted by molar-refractivity contribution is 7.89. The number of aryl methyl sites for hydroxylation is 2. The highest BCUT2D eigenvalue weighted by Crippen LogP contribution is 2.18. The van der Waals surface area contributed by atoms with Crippen LogP contribution in [0.3, 0.4) is 0 Å². The number of rotatable bonds is 8. The van der Waals surface area contributed by atoms with E-state index >= 15 is 0 Å². The Labute approximate surface area is 152 Å². The maximum absolute atomic E-state index is 13.7. The summed E-state index contributed by atoms with van der Waals surface area (Å²) in [5, 5.41) is 3.63. The average molecular weight is 383 g/mol. The van der Waals surface area contributed by atoms with E-state index in [-0.39, 0.29) is 41.2 Å². The van der Waals surface area contributed by atoms with Crippen LogP contribution in [0.25, 0.3) is 0 Å². The van der Waals surface area contributed by atoms with Gasteiger partial charge in [0.05, 0.1) is 0 Å². The van der Waals surface area contributed by atoms with E-state index in [0.29, 0.717) is 18.5 Å². The first kappa shape index (κ1) is 20.1. The van der Waals surface area contributed by atoms with Crippen molar-refractivity contribution in [3.8, 4) is 0 Å². The summed E-state index contributed by atoms with van der Waals surface area (Å²) in [5.74, 6) is -0.328. The van der Waals surface area contributed by atoms with Gasteiger partial charge in [0.1, 0.15) is 16.4 Å². The molecule has 26 heavy (non-hydrogen) atoms. The fourth-order valence-corrected chi connectivity index (χ4v) is 3.97. The zero-order valence-electron chi connectivity index (χ0n) is 15.0. The molecule has 2 rings (SSSR count). The van der Waals surface area contributed by atoms with Crippen molar-refractivity contribution >= 4 is 15.9 Å². The van der Waals surface area contributed by atoms with E-state index < -0.39 is 10.0 Å². The van der Waals surface area contributed by atoms with Gasteiger partial charge in [-0.05, 0) is 31.9 Å².